The van der Waals surface area contributed by atoms with Crippen molar-refractivity contribution in [1.29, 1.82) is 0 Å². The summed E-state index contributed by atoms with van der Waals surface area (Å²) in [5.41, 5.74) is 7.93. The maximum Gasteiger partial charge on any atom is 0.0840 e. The molecule has 202 valence electrons. The van der Waals surface area contributed by atoms with Gasteiger partial charge in [0.15, 0.2) is 0 Å². The van der Waals surface area contributed by atoms with Crippen LogP contribution in [0.4, 0.5) is 11.4 Å². The smallest absolute Gasteiger partial charge is 0.0840 e. The highest BCUT2D eigenvalue weighted by atomic mass is 32.3. The molecule has 3 aromatic carbocycles. The quantitative estimate of drug-likeness (QED) is 0.418. The molecule has 7 heteroatoms. The molecule has 1 aliphatic carbocycles. The van der Waals surface area contributed by atoms with E-state index in [0.717, 1.165) is 57.7 Å². The fraction of sp³-hybridized carbons (Fsp3) is 0.484. The Morgan fingerprint density at radius 1 is 0.947 bits per heavy atom. The Hall–Kier alpha value is -2.29. The number of hydrogen-bond donors (Lipinski definition) is 2. The first-order valence-corrected chi connectivity index (χ1v) is 16.0. The SMILES string of the molecule is C[C@@H]1CN(c2ccc3c4c(cccc24)CC3)CCN1CC[C@@H]1OCCc2cc(N3CCCS3(O)O)ccc21. The summed E-state index contributed by atoms with van der Waals surface area (Å²) in [6, 6.07) is 18.4. The van der Waals surface area contributed by atoms with Crippen molar-refractivity contribution in [3.63, 3.8) is 0 Å². The summed E-state index contributed by atoms with van der Waals surface area (Å²) in [4.78, 5) is 5.22. The molecule has 2 N–H and O–H groups in total. The normalized spacial score (nSPS) is 25.7. The van der Waals surface area contributed by atoms with E-state index in [4.69, 9.17) is 4.74 Å². The first-order chi connectivity index (χ1) is 18.5. The topological polar surface area (TPSA) is 59.4 Å². The van der Waals surface area contributed by atoms with Crippen LogP contribution in [0.3, 0.4) is 0 Å². The molecule has 0 amide bonds. The Bertz CT molecular complexity index is 1350. The summed E-state index contributed by atoms with van der Waals surface area (Å²) < 4.78 is 28.9. The molecule has 3 aromatic rings. The third-order valence-electron chi connectivity index (χ3n) is 9.22. The second-order valence-electron chi connectivity index (χ2n) is 11.5. The number of hydrogen-bond acceptors (Lipinski definition) is 6. The van der Waals surface area contributed by atoms with Crippen molar-refractivity contribution in [3.8, 4) is 0 Å². The lowest BCUT2D eigenvalue weighted by molar-refractivity contribution is 0.0255. The number of ether oxygens (including phenoxy) is 1. The fourth-order valence-corrected chi connectivity index (χ4v) is 8.82. The monoisotopic (exact) mass is 533 g/mol. The van der Waals surface area contributed by atoms with Crippen molar-refractivity contribution < 1.29 is 13.8 Å². The fourth-order valence-electron chi connectivity index (χ4n) is 7.21. The number of nitrogens with zero attached hydrogens (tertiary/aromatic N) is 3. The van der Waals surface area contributed by atoms with Crippen LogP contribution in [0, 0.1) is 0 Å². The first-order valence-electron chi connectivity index (χ1n) is 14.3. The Morgan fingerprint density at radius 3 is 2.63 bits per heavy atom. The zero-order chi connectivity index (χ0) is 25.9. The molecule has 0 saturated carbocycles. The van der Waals surface area contributed by atoms with Crippen LogP contribution in [0.2, 0.25) is 0 Å². The molecule has 0 spiro atoms. The van der Waals surface area contributed by atoms with Gasteiger partial charge in [-0.2, -0.15) is 0 Å². The summed E-state index contributed by atoms with van der Waals surface area (Å²) in [7, 11) is -2.66. The van der Waals surface area contributed by atoms with Crippen LogP contribution in [0.1, 0.15) is 48.1 Å². The highest BCUT2D eigenvalue weighted by molar-refractivity contribution is 8.25. The van der Waals surface area contributed by atoms with Crippen LogP contribution < -0.4 is 9.21 Å². The van der Waals surface area contributed by atoms with Crippen molar-refractivity contribution >= 4 is 32.9 Å². The van der Waals surface area contributed by atoms with Gasteiger partial charge in [0.1, 0.15) is 0 Å². The average Bonchev–Trinajstić information content (AvgIpc) is 3.51. The van der Waals surface area contributed by atoms with E-state index in [1.54, 1.807) is 4.31 Å². The minimum Gasteiger partial charge on any atom is -0.373 e. The van der Waals surface area contributed by atoms with Crippen molar-refractivity contribution in [3.05, 3.63) is 70.8 Å². The van der Waals surface area contributed by atoms with Gasteiger partial charge in [0.05, 0.1) is 24.2 Å². The molecule has 6 nitrogen and oxygen atoms in total. The molecule has 4 aliphatic rings. The number of aryl methyl sites for hydroxylation is 2. The number of rotatable bonds is 5. The highest BCUT2D eigenvalue weighted by Crippen LogP contribution is 2.51. The predicted octanol–water partition coefficient (Wildman–Crippen LogP) is 6.03. The van der Waals surface area contributed by atoms with E-state index in [1.165, 1.54) is 51.6 Å². The van der Waals surface area contributed by atoms with Gasteiger partial charge in [-0.25, -0.2) is 0 Å². The Morgan fingerprint density at radius 2 is 1.82 bits per heavy atom. The molecule has 3 heterocycles. The lowest BCUT2D eigenvalue weighted by atomic mass is 9.94. The van der Waals surface area contributed by atoms with Crippen LogP contribution in [-0.4, -0.2) is 65.1 Å². The number of anilines is 2. The zero-order valence-electron chi connectivity index (χ0n) is 22.3. The molecule has 3 aliphatic heterocycles. The molecule has 2 atom stereocenters. The third kappa shape index (κ3) is 4.29. The third-order valence-corrected chi connectivity index (χ3v) is 11.2. The van der Waals surface area contributed by atoms with Gasteiger partial charge < -0.3 is 9.64 Å². The highest BCUT2D eigenvalue weighted by Gasteiger charge is 2.31. The molecule has 2 saturated heterocycles. The number of piperazine rings is 1. The standard InChI is InChI=1S/C31H39N3O3S/c1-22-21-33(29-11-8-24-7-6-23-4-2-5-28(29)31(23)24)17-16-32(22)15-12-30-27-10-9-26(20-25(27)13-18-37-30)34-14-3-19-38(34,35)36/h2,4-5,8-11,20,22,30,35-36H,3,6-7,12-19,21H2,1H3/t22-,30+/m1/s1. The lowest BCUT2D eigenvalue weighted by Gasteiger charge is -2.42. The summed E-state index contributed by atoms with van der Waals surface area (Å²) in [6.07, 6.45) is 5.16. The summed E-state index contributed by atoms with van der Waals surface area (Å²) in [5.74, 6) is 0.476. The predicted molar refractivity (Wildman–Crippen MR) is 158 cm³/mol. The van der Waals surface area contributed by atoms with Gasteiger partial charge in [-0.3, -0.25) is 18.3 Å². The molecule has 38 heavy (non-hydrogen) atoms. The van der Waals surface area contributed by atoms with E-state index in [-0.39, 0.29) is 6.10 Å². The van der Waals surface area contributed by atoms with Crippen molar-refractivity contribution in [2.45, 2.75) is 51.2 Å². The van der Waals surface area contributed by atoms with Crippen molar-refractivity contribution in [1.82, 2.24) is 4.90 Å². The summed E-state index contributed by atoms with van der Waals surface area (Å²) in [5, 5.41) is 2.94. The molecule has 0 aromatic heterocycles. The van der Waals surface area contributed by atoms with Crippen LogP contribution in [-0.2, 0) is 24.0 Å². The van der Waals surface area contributed by atoms with E-state index in [9.17, 15) is 9.11 Å². The van der Waals surface area contributed by atoms with Crippen molar-refractivity contribution in [2.75, 3.05) is 54.3 Å². The minimum absolute atomic E-state index is 0.105. The van der Waals surface area contributed by atoms with Crippen LogP contribution >= 0.6 is 10.8 Å². The van der Waals surface area contributed by atoms with Gasteiger partial charge in [-0.15, -0.1) is 10.8 Å². The molecule has 0 unspecified atom stereocenters. The Labute approximate surface area is 227 Å². The molecule has 0 bridgehead atoms. The Balaban J connectivity index is 1.02. The second kappa shape index (κ2) is 9.72. The van der Waals surface area contributed by atoms with Gasteiger partial charge in [0.2, 0.25) is 0 Å². The van der Waals surface area contributed by atoms with Gasteiger partial charge in [-0.05, 0) is 84.9 Å². The average molecular weight is 534 g/mol. The molecule has 2 fully saturated rings. The van der Waals surface area contributed by atoms with Crippen molar-refractivity contribution in [2.24, 2.45) is 0 Å². The van der Waals surface area contributed by atoms with Gasteiger partial charge in [0.25, 0.3) is 0 Å². The molecule has 0 radical (unpaired) electrons. The Kier molecular flexibility index (Phi) is 6.32. The largest absolute Gasteiger partial charge is 0.373 e. The lowest BCUT2D eigenvalue weighted by Crippen LogP contribution is -2.52. The maximum atomic E-state index is 10.4. The van der Waals surface area contributed by atoms with E-state index in [0.29, 0.717) is 18.3 Å². The van der Waals surface area contributed by atoms with E-state index in [2.05, 4.69) is 65.3 Å². The first kappa shape index (κ1) is 24.7. The van der Waals surface area contributed by atoms with Crippen LogP contribution in [0.25, 0.3) is 10.8 Å². The second-order valence-corrected chi connectivity index (χ2v) is 13.6. The number of fused-ring (bicyclic) bond motifs is 1. The molecular formula is C31H39N3O3S. The van der Waals surface area contributed by atoms with Gasteiger partial charge >= 0.3 is 0 Å². The zero-order valence-corrected chi connectivity index (χ0v) is 23.1. The van der Waals surface area contributed by atoms with Gasteiger partial charge in [-0.1, -0.05) is 30.3 Å². The summed E-state index contributed by atoms with van der Waals surface area (Å²) in [6.45, 7) is 8.00. The minimum atomic E-state index is -2.66. The van der Waals surface area contributed by atoms with Crippen LogP contribution in [0.15, 0.2) is 48.5 Å². The molecular weight excluding hydrogens is 494 g/mol. The van der Waals surface area contributed by atoms with Gasteiger partial charge in [0, 0.05) is 49.8 Å². The maximum absolute atomic E-state index is 10.4. The van der Waals surface area contributed by atoms with E-state index < -0.39 is 10.8 Å². The summed E-state index contributed by atoms with van der Waals surface area (Å²) >= 11 is 0. The van der Waals surface area contributed by atoms with Crippen LogP contribution in [0.5, 0.6) is 0 Å². The number of benzene rings is 3. The molecule has 7 rings (SSSR count). The van der Waals surface area contributed by atoms with E-state index in [1.807, 2.05) is 0 Å². The van der Waals surface area contributed by atoms with E-state index >= 15 is 0 Å².